The Labute approximate surface area is 119 Å². The van der Waals surface area contributed by atoms with Crippen LogP contribution in [0.15, 0.2) is 0 Å². The first-order chi connectivity index (χ1) is 9.65. The van der Waals surface area contributed by atoms with E-state index in [0.29, 0.717) is 25.6 Å². The van der Waals surface area contributed by atoms with Gasteiger partial charge in [0.15, 0.2) is 0 Å². The molecule has 3 aliphatic heterocycles. The first-order valence-electron chi connectivity index (χ1n) is 7.67. The summed E-state index contributed by atoms with van der Waals surface area (Å²) < 4.78 is 0. The molecule has 3 heterocycles. The highest BCUT2D eigenvalue weighted by Gasteiger charge is 2.39. The third-order valence-corrected chi connectivity index (χ3v) is 4.97. The topological polar surface area (TPSA) is 72.9 Å². The van der Waals surface area contributed by atoms with Crippen molar-refractivity contribution in [3.8, 4) is 0 Å². The summed E-state index contributed by atoms with van der Waals surface area (Å²) in [7, 11) is 0. The fourth-order valence-electron chi connectivity index (χ4n) is 3.86. The predicted molar refractivity (Wildman–Crippen MR) is 73.5 cm³/mol. The molecular formula is C14H23N3O3. The first-order valence-corrected chi connectivity index (χ1v) is 7.67. The van der Waals surface area contributed by atoms with Crippen LogP contribution in [0.1, 0.15) is 32.1 Å². The van der Waals surface area contributed by atoms with Crippen LogP contribution < -0.4 is 5.32 Å². The second kappa shape index (κ2) is 5.60. The number of amides is 2. The maximum absolute atomic E-state index is 12.3. The van der Waals surface area contributed by atoms with Crippen LogP contribution in [-0.4, -0.2) is 65.2 Å². The van der Waals surface area contributed by atoms with Gasteiger partial charge in [-0.15, -0.1) is 0 Å². The van der Waals surface area contributed by atoms with E-state index in [1.54, 1.807) is 4.90 Å². The molecule has 3 fully saturated rings. The lowest BCUT2D eigenvalue weighted by Crippen LogP contribution is -2.51. The molecule has 112 valence electrons. The van der Waals surface area contributed by atoms with Crippen LogP contribution in [0.25, 0.3) is 0 Å². The van der Waals surface area contributed by atoms with Crippen LogP contribution in [-0.2, 0) is 4.79 Å². The third kappa shape index (κ3) is 2.61. The first kappa shape index (κ1) is 13.7. The minimum atomic E-state index is -0.787. The standard InChI is InChI=1S/C14H23N3O3/c18-13(19)10-3-1-7-17(9-10)14(20)15-11-5-8-16-6-2-4-12(11)16/h10-12H,1-9H2,(H,15,20)(H,18,19). The second-order valence-electron chi connectivity index (χ2n) is 6.21. The Morgan fingerprint density at radius 1 is 1.05 bits per heavy atom. The van der Waals surface area contributed by atoms with E-state index >= 15 is 0 Å². The average molecular weight is 281 g/mol. The van der Waals surface area contributed by atoms with Gasteiger partial charge in [0.1, 0.15) is 0 Å². The lowest BCUT2D eigenvalue weighted by atomic mass is 9.98. The minimum Gasteiger partial charge on any atom is -0.481 e. The van der Waals surface area contributed by atoms with Gasteiger partial charge in [0, 0.05) is 31.7 Å². The molecule has 3 atom stereocenters. The van der Waals surface area contributed by atoms with E-state index in [9.17, 15) is 9.59 Å². The number of nitrogens with one attached hydrogen (secondary N) is 1. The number of urea groups is 1. The molecule has 2 amide bonds. The molecule has 0 bridgehead atoms. The van der Waals surface area contributed by atoms with Crippen LogP contribution in [0.5, 0.6) is 0 Å². The van der Waals surface area contributed by atoms with Crippen LogP contribution in [0.4, 0.5) is 4.79 Å². The Balaban J connectivity index is 1.55. The molecule has 6 heteroatoms. The molecule has 0 aliphatic carbocycles. The van der Waals surface area contributed by atoms with Gasteiger partial charge in [-0.1, -0.05) is 0 Å². The molecule has 3 rings (SSSR count). The average Bonchev–Trinajstić information content (AvgIpc) is 3.04. The number of carbonyl (C=O) groups excluding carboxylic acids is 1. The van der Waals surface area contributed by atoms with Gasteiger partial charge >= 0.3 is 12.0 Å². The number of hydrogen-bond acceptors (Lipinski definition) is 3. The van der Waals surface area contributed by atoms with Crippen molar-refractivity contribution >= 4 is 12.0 Å². The lowest BCUT2D eigenvalue weighted by Gasteiger charge is -2.32. The molecular weight excluding hydrogens is 258 g/mol. The number of nitrogens with zero attached hydrogens (tertiary/aromatic N) is 2. The van der Waals surface area contributed by atoms with Gasteiger partial charge in [-0.05, 0) is 38.6 Å². The fraction of sp³-hybridized carbons (Fsp3) is 0.857. The maximum Gasteiger partial charge on any atom is 0.317 e. The number of fused-ring (bicyclic) bond motifs is 1. The molecule has 3 aliphatic rings. The number of hydrogen-bond donors (Lipinski definition) is 2. The number of likely N-dealkylation sites (tertiary alicyclic amines) is 1. The zero-order valence-electron chi connectivity index (χ0n) is 11.8. The van der Waals surface area contributed by atoms with Crippen LogP contribution in [0, 0.1) is 5.92 Å². The highest BCUT2D eigenvalue weighted by Crippen LogP contribution is 2.28. The van der Waals surface area contributed by atoms with E-state index in [4.69, 9.17) is 5.11 Å². The molecule has 0 saturated carbocycles. The number of carbonyl (C=O) groups is 2. The Morgan fingerprint density at radius 3 is 2.65 bits per heavy atom. The highest BCUT2D eigenvalue weighted by atomic mass is 16.4. The molecule has 3 saturated heterocycles. The molecule has 2 N–H and O–H groups in total. The Kier molecular flexibility index (Phi) is 3.83. The number of piperidine rings is 1. The second-order valence-corrected chi connectivity index (χ2v) is 6.21. The summed E-state index contributed by atoms with van der Waals surface area (Å²) >= 11 is 0. The van der Waals surface area contributed by atoms with Gasteiger partial charge in [0.2, 0.25) is 0 Å². The molecule has 0 spiro atoms. The molecule has 20 heavy (non-hydrogen) atoms. The van der Waals surface area contributed by atoms with E-state index in [-0.39, 0.29) is 12.1 Å². The van der Waals surface area contributed by atoms with Crippen molar-refractivity contribution in [1.29, 1.82) is 0 Å². The van der Waals surface area contributed by atoms with E-state index in [1.165, 1.54) is 12.8 Å². The normalized spacial score (nSPS) is 34.0. The maximum atomic E-state index is 12.3. The molecule has 0 radical (unpaired) electrons. The van der Waals surface area contributed by atoms with E-state index in [0.717, 1.165) is 25.9 Å². The number of rotatable bonds is 2. The van der Waals surface area contributed by atoms with E-state index in [1.807, 2.05) is 0 Å². The molecule has 0 aromatic rings. The summed E-state index contributed by atoms with van der Waals surface area (Å²) in [6.07, 6.45) is 4.88. The van der Waals surface area contributed by atoms with Crippen molar-refractivity contribution < 1.29 is 14.7 Å². The Morgan fingerprint density at radius 2 is 1.85 bits per heavy atom. The SMILES string of the molecule is O=C(O)C1CCCN(C(=O)NC2CCN3CCCC23)C1. The van der Waals surface area contributed by atoms with E-state index in [2.05, 4.69) is 10.2 Å². The summed E-state index contributed by atoms with van der Waals surface area (Å²) in [4.78, 5) is 27.5. The summed E-state index contributed by atoms with van der Waals surface area (Å²) in [6.45, 7) is 3.26. The van der Waals surface area contributed by atoms with Crippen molar-refractivity contribution in [3.63, 3.8) is 0 Å². The monoisotopic (exact) mass is 281 g/mol. The van der Waals surface area contributed by atoms with Crippen LogP contribution in [0.3, 0.4) is 0 Å². The van der Waals surface area contributed by atoms with Crippen molar-refractivity contribution in [3.05, 3.63) is 0 Å². The molecule has 0 aromatic carbocycles. The Hall–Kier alpha value is -1.30. The summed E-state index contributed by atoms with van der Waals surface area (Å²) in [6, 6.07) is 0.670. The zero-order chi connectivity index (χ0) is 14.1. The molecule has 6 nitrogen and oxygen atoms in total. The van der Waals surface area contributed by atoms with Crippen LogP contribution >= 0.6 is 0 Å². The highest BCUT2D eigenvalue weighted by molar-refractivity contribution is 5.77. The van der Waals surface area contributed by atoms with E-state index < -0.39 is 11.9 Å². The van der Waals surface area contributed by atoms with Crippen molar-refractivity contribution in [2.75, 3.05) is 26.2 Å². The molecule has 0 aromatic heterocycles. The van der Waals surface area contributed by atoms with Gasteiger partial charge in [-0.3, -0.25) is 9.69 Å². The van der Waals surface area contributed by atoms with Gasteiger partial charge in [-0.2, -0.15) is 0 Å². The predicted octanol–water partition coefficient (Wildman–Crippen LogP) is 0.729. The quantitative estimate of drug-likeness (QED) is 0.782. The fourth-order valence-corrected chi connectivity index (χ4v) is 3.86. The van der Waals surface area contributed by atoms with Gasteiger partial charge < -0.3 is 15.3 Å². The van der Waals surface area contributed by atoms with Crippen molar-refractivity contribution in [1.82, 2.24) is 15.1 Å². The third-order valence-electron chi connectivity index (χ3n) is 4.97. The largest absolute Gasteiger partial charge is 0.481 e. The minimum absolute atomic E-state index is 0.0744. The smallest absolute Gasteiger partial charge is 0.317 e. The van der Waals surface area contributed by atoms with Gasteiger partial charge in [-0.25, -0.2) is 4.79 Å². The summed E-state index contributed by atoms with van der Waals surface area (Å²) in [5.74, 6) is -1.19. The van der Waals surface area contributed by atoms with Crippen molar-refractivity contribution in [2.45, 2.75) is 44.2 Å². The lowest BCUT2D eigenvalue weighted by molar-refractivity contribution is -0.143. The Bertz CT molecular complexity index is 401. The van der Waals surface area contributed by atoms with Gasteiger partial charge in [0.05, 0.1) is 5.92 Å². The zero-order valence-corrected chi connectivity index (χ0v) is 11.8. The van der Waals surface area contributed by atoms with Crippen molar-refractivity contribution in [2.24, 2.45) is 5.92 Å². The summed E-state index contributed by atoms with van der Waals surface area (Å²) in [5.41, 5.74) is 0. The van der Waals surface area contributed by atoms with Gasteiger partial charge in [0.25, 0.3) is 0 Å². The number of aliphatic carboxylic acids is 1. The van der Waals surface area contributed by atoms with Crippen LogP contribution in [0.2, 0.25) is 0 Å². The summed E-state index contributed by atoms with van der Waals surface area (Å²) in [5, 5.41) is 12.2. The molecule has 3 unspecified atom stereocenters. The number of carboxylic acid groups (broad SMARTS) is 1. The number of carboxylic acids is 1.